The molecule has 14 heavy (non-hydrogen) atoms. The number of carboxylic acid groups (broad SMARTS) is 1. The second-order valence-electron chi connectivity index (χ2n) is 3.63. The fraction of sp³-hybridized carbons (Fsp3) is 0.875. The summed E-state index contributed by atoms with van der Waals surface area (Å²) in [5.41, 5.74) is -1.20. The first-order chi connectivity index (χ1) is 6.34. The van der Waals surface area contributed by atoms with Gasteiger partial charge in [-0.2, -0.15) is 4.31 Å². The minimum absolute atomic E-state index is 0.315. The molecule has 1 N–H and O–H groups in total. The molecule has 1 atom stereocenters. The Balaban J connectivity index is 3.14. The highest BCUT2D eigenvalue weighted by molar-refractivity contribution is 7.88. The van der Waals surface area contributed by atoms with Crippen molar-refractivity contribution < 1.29 is 18.3 Å². The van der Waals surface area contributed by atoms with E-state index in [9.17, 15) is 13.2 Å². The molecule has 6 heteroatoms. The lowest BCUT2D eigenvalue weighted by molar-refractivity contribution is -0.147. The van der Waals surface area contributed by atoms with Crippen LogP contribution in [0.25, 0.3) is 0 Å². The van der Waals surface area contributed by atoms with Crippen LogP contribution in [0, 0.1) is 0 Å². The molecule has 0 saturated carbocycles. The van der Waals surface area contributed by atoms with Crippen molar-refractivity contribution in [1.82, 2.24) is 4.31 Å². The summed E-state index contributed by atoms with van der Waals surface area (Å²) >= 11 is 0. The Morgan fingerprint density at radius 3 is 2.43 bits per heavy atom. The number of aliphatic carboxylic acids is 1. The zero-order chi connectivity index (χ0) is 11.0. The lowest BCUT2D eigenvalue weighted by Crippen LogP contribution is -2.52. The molecule has 1 rings (SSSR count). The number of carbonyl (C=O) groups is 1. The summed E-state index contributed by atoms with van der Waals surface area (Å²) in [5, 5.41) is 9.09. The molecule has 0 amide bonds. The number of nitrogens with zero attached hydrogens (tertiary/aromatic N) is 1. The Kier molecular flexibility index (Phi) is 2.87. The molecular formula is C8H15NO4S. The van der Waals surface area contributed by atoms with Crippen molar-refractivity contribution in [3.8, 4) is 0 Å². The van der Waals surface area contributed by atoms with Gasteiger partial charge in [0, 0.05) is 6.54 Å². The summed E-state index contributed by atoms with van der Waals surface area (Å²) in [4.78, 5) is 11.1. The van der Waals surface area contributed by atoms with E-state index in [0.29, 0.717) is 25.8 Å². The maximum absolute atomic E-state index is 11.4. The van der Waals surface area contributed by atoms with Crippen molar-refractivity contribution in [3.63, 3.8) is 0 Å². The molecule has 0 aliphatic carbocycles. The molecule has 0 bridgehead atoms. The molecule has 1 unspecified atom stereocenters. The number of hydrogen-bond acceptors (Lipinski definition) is 3. The van der Waals surface area contributed by atoms with Crippen LogP contribution in [-0.2, 0) is 14.8 Å². The van der Waals surface area contributed by atoms with Gasteiger partial charge in [-0.15, -0.1) is 0 Å². The maximum Gasteiger partial charge on any atom is 0.325 e. The third-order valence-corrected chi connectivity index (χ3v) is 4.15. The molecule has 82 valence electrons. The van der Waals surface area contributed by atoms with E-state index in [1.54, 1.807) is 6.92 Å². The molecule has 0 radical (unpaired) electrons. The van der Waals surface area contributed by atoms with E-state index in [0.717, 1.165) is 10.6 Å². The van der Waals surface area contributed by atoms with Crippen molar-refractivity contribution in [2.45, 2.75) is 31.7 Å². The smallest absolute Gasteiger partial charge is 0.325 e. The summed E-state index contributed by atoms with van der Waals surface area (Å²) in [6.45, 7) is 2.02. The molecule has 1 heterocycles. The molecule has 1 aliphatic heterocycles. The second kappa shape index (κ2) is 3.51. The highest BCUT2D eigenvalue weighted by atomic mass is 32.2. The molecule has 0 aromatic heterocycles. The summed E-state index contributed by atoms with van der Waals surface area (Å²) in [5.74, 6) is -1.04. The third-order valence-electron chi connectivity index (χ3n) is 2.81. The fourth-order valence-corrected chi connectivity index (χ4v) is 3.45. The van der Waals surface area contributed by atoms with Gasteiger partial charge in [0.15, 0.2) is 0 Å². The van der Waals surface area contributed by atoms with Crippen molar-refractivity contribution in [3.05, 3.63) is 0 Å². The van der Waals surface area contributed by atoms with Crippen LogP contribution in [0.2, 0.25) is 0 Å². The fourth-order valence-electron chi connectivity index (χ4n) is 2.06. The Bertz CT molecular complexity index is 337. The quantitative estimate of drug-likeness (QED) is 0.742. The average molecular weight is 221 g/mol. The Morgan fingerprint density at radius 2 is 2.14 bits per heavy atom. The van der Waals surface area contributed by atoms with E-state index in [1.165, 1.54) is 0 Å². The molecule has 0 aromatic rings. The predicted molar refractivity (Wildman–Crippen MR) is 51.4 cm³/mol. The van der Waals surface area contributed by atoms with Crippen LogP contribution in [0.5, 0.6) is 0 Å². The van der Waals surface area contributed by atoms with E-state index in [-0.39, 0.29) is 0 Å². The third kappa shape index (κ3) is 1.64. The minimum atomic E-state index is -3.41. The van der Waals surface area contributed by atoms with E-state index < -0.39 is 21.5 Å². The van der Waals surface area contributed by atoms with Gasteiger partial charge in [0.2, 0.25) is 10.0 Å². The SMILES string of the molecule is CCC1(C(=O)O)CCCN1S(C)(=O)=O. The molecule has 5 nitrogen and oxygen atoms in total. The van der Waals surface area contributed by atoms with Gasteiger partial charge in [-0.1, -0.05) is 6.92 Å². The zero-order valence-corrected chi connectivity index (χ0v) is 9.17. The van der Waals surface area contributed by atoms with Gasteiger partial charge < -0.3 is 5.11 Å². The average Bonchev–Trinajstić information content (AvgIpc) is 2.47. The predicted octanol–water partition coefficient (Wildman–Crippen LogP) is 0.275. The number of rotatable bonds is 3. The van der Waals surface area contributed by atoms with E-state index in [4.69, 9.17) is 5.11 Å². The van der Waals surface area contributed by atoms with Crippen LogP contribution in [0.15, 0.2) is 0 Å². The summed E-state index contributed by atoms with van der Waals surface area (Å²) in [7, 11) is -3.41. The van der Waals surface area contributed by atoms with Crippen LogP contribution in [0.3, 0.4) is 0 Å². The summed E-state index contributed by atoms with van der Waals surface area (Å²) in [6, 6.07) is 0. The monoisotopic (exact) mass is 221 g/mol. The van der Waals surface area contributed by atoms with Crippen LogP contribution in [-0.4, -0.2) is 42.1 Å². The molecule has 0 spiro atoms. The lowest BCUT2D eigenvalue weighted by atomic mass is 9.95. The lowest BCUT2D eigenvalue weighted by Gasteiger charge is -2.31. The Labute approximate surface area is 83.8 Å². The number of carboxylic acids is 1. The van der Waals surface area contributed by atoms with Crippen molar-refractivity contribution in [2.24, 2.45) is 0 Å². The number of sulfonamides is 1. The van der Waals surface area contributed by atoms with Crippen LogP contribution in [0.1, 0.15) is 26.2 Å². The maximum atomic E-state index is 11.4. The molecule has 0 aromatic carbocycles. The van der Waals surface area contributed by atoms with Crippen molar-refractivity contribution in [1.29, 1.82) is 0 Å². The summed E-state index contributed by atoms with van der Waals surface area (Å²) < 4.78 is 23.9. The Morgan fingerprint density at radius 1 is 1.57 bits per heavy atom. The zero-order valence-electron chi connectivity index (χ0n) is 8.36. The Hall–Kier alpha value is -0.620. The molecular weight excluding hydrogens is 206 g/mol. The first kappa shape index (κ1) is 11.5. The van der Waals surface area contributed by atoms with E-state index in [1.807, 2.05) is 0 Å². The van der Waals surface area contributed by atoms with Gasteiger partial charge in [0.05, 0.1) is 6.26 Å². The van der Waals surface area contributed by atoms with Crippen molar-refractivity contribution in [2.75, 3.05) is 12.8 Å². The van der Waals surface area contributed by atoms with Gasteiger partial charge in [0.1, 0.15) is 5.54 Å². The highest BCUT2D eigenvalue weighted by Gasteiger charge is 2.50. The highest BCUT2D eigenvalue weighted by Crippen LogP contribution is 2.34. The van der Waals surface area contributed by atoms with Gasteiger partial charge in [-0.25, -0.2) is 8.42 Å². The summed E-state index contributed by atoms with van der Waals surface area (Å²) in [6.07, 6.45) is 2.40. The largest absolute Gasteiger partial charge is 0.480 e. The number of hydrogen-bond donors (Lipinski definition) is 1. The van der Waals surface area contributed by atoms with E-state index >= 15 is 0 Å². The first-order valence-corrected chi connectivity index (χ1v) is 6.40. The van der Waals surface area contributed by atoms with Crippen molar-refractivity contribution >= 4 is 16.0 Å². The van der Waals surface area contributed by atoms with Gasteiger partial charge in [0.25, 0.3) is 0 Å². The molecule has 1 fully saturated rings. The topological polar surface area (TPSA) is 74.7 Å². The standard InChI is InChI=1S/C8H15NO4S/c1-3-8(7(10)11)5-4-6-9(8)14(2,12)13/h3-6H2,1-2H3,(H,10,11). The molecule has 1 aliphatic rings. The van der Waals surface area contributed by atoms with E-state index in [2.05, 4.69) is 0 Å². The van der Waals surface area contributed by atoms with Crippen LogP contribution < -0.4 is 0 Å². The normalized spacial score (nSPS) is 29.3. The molecule has 1 saturated heterocycles. The van der Waals surface area contributed by atoms with Crippen LogP contribution in [0.4, 0.5) is 0 Å². The van der Waals surface area contributed by atoms with Gasteiger partial charge in [-0.3, -0.25) is 4.79 Å². The van der Waals surface area contributed by atoms with Crippen LogP contribution >= 0.6 is 0 Å². The van der Waals surface area contributed by atoms with Gasteiger partial charge >= 0.3 is 5.97 Å². The van der Waals surface area contributed by atoms with Gasteiger partial charge in [-0.05, 0) is 19.3 Å². The first-order valence-electron chi connectivity index (χ1n) is 4.56. The minimum Gasteiger partial charge on any atom is -0.480 e. The second-order valence-corrected chi connectivity index (χ2v) is 5.54.